The Morgan fingerprint density at radius 1 is 1.37 bits per heavy atom. The molecule has 146 valence electrons. The van der Waals surface area contributed by atoms with E-state index in [0.717, 1.165) is 56.9 Å². The van der Waals surface area contributed by atoms with Gasteiger partial charge in [-0.25, -0.2) is 4.98 Å². The summed E-state index contributed by atoms with van der Waals surface area (Å²) in [6.07, 6.45) is 3.47. The van der Waals surface area contributed by atoms with Gasteiger partial charge in [-0.15, -0.1) is 11.3 Å². The first-order chi connectivity index (χ1) is 13.2. The smallest absolute Gasteiger partial charge is 0.222 e. The molecule has 0 bridgehead atoms. The van der Waals surface area contributed by atoms with Crippen molar-refractivity contribution in [2.45, 2.75) is 45.6 Å². The van der Waals surface area contributed by atoms with Crippen LogP contribution in [0.15, 0.2) is 29.3 Å². The Kier molecular flexibility index (Phi) is 7.04. The highest BCUT2D eigenvalue weighted by Gasteiger charge is 2.25. The van der Waals surface area contributed by atoms with Crippen molar-refractivity contribution in [2.75, 3.05) is 26.2 Å². The standard InChI is InChI=1S/C20H29N5OS/c1-3-19(26)25-13-11-15(14-25)23-20(21-4-2)22-12-7-10-18-24-16-8-5-6-9-17(16)27-18/h5-6,8-9,15H,3-4,7,10-14H2,1-2H3,(H2,21,22,23). The Morgan fingerprint density at radius 3 is 3.00 bits per heavy atom. The summed E-state index contributed by atoms with van der Waals surface area (Å²) in [5.41, 5.74) is 1.09. The molecule has 0 spiro atoms. The van der Waals surface area contributed by atoms with Gasteiger partial charge >= 0.3 is 0 Å². The summed E-state index contributed by atoms with van der Waals surface area (Å²) in [5, 5.41) is 7.96. The molecular weight excluding hydrogens is 358 g/mol. The number of likely N-dealkylation sites (tertiary alicyclic amines) is 1. The first-order valence-corrected chi connectivity index (χ1v) is 10.7. The van der Waals surface area contributed by atoms with Crippen LogP contribution in [0.1, 0.15) is 38.1 Å². The average Bonchev–Trinajstić information content (AvgIpc) is 3.31. The van der Waals surface area contributed by atoms with E-state index in [0.29, 0.717) is 6.42 Å². The zero-order chi connectivity index (χ0) is 19.1. The first kappa shape index (κ1) is 19.6. The van der Waals surface area contributed by atoms with Gasteiger partial charge in [-0.05, 0) is 31.9 Å². The molecule has 1 aliphatic heterocycles. The van der Waals surface area contributed by atoms with Crippen molar-refractivity contribution < 1.29 is 4.79 Å². The number of nitrogens with zero attached hydrogens (tertiary/aromatic N) is 3. The topological polar surface area (TPSA) is 69.6 Å². The number of hydrogen-bond acceptors (Lipinski definition) is 4. The molecule has 27 heavy (non-hydrogen) atoms. The lowest BCUT2D eigenvalue weighted by Gasteiger charge is -2.18. The Bertz CT molecular complexity index is 755. The van der Waals surface area contributed by atoms with Crippen LogP contribution in [-0.2, 0) is 11.2 Å². The van der Waals surface area contributed by atoms with Crippen molar-refractivity contribution in [2.24, 2.45) is 4.99 Å². The van der Waals surface area contributed by atoms with Gasteiger partial charge in [0.25, 0.3) is 0 Å². The Balaban J connectivity index is 1.48. The molecule has 2 heterocycles. The van der Waals surface area contributed by atoms with Crippen LogP contribution in [0.2, 0.25) is 0 Å². The van der Waals surface area contributed by atoms with Crippen LogP contribution >= 0.6 is 11.3 Å². The molecule has 1 amide bonds. The molecule has 7 heteroatoms. The van der Waals surface area contributed by atoms with E-state index in [-0.39, 0.29) is 11.9 Å². The van der Waals surface area contributed by atoms with E-state index in [4.69, 9.17) is 4.99 Å². The van der Waals surface area contributed by atoms with Gasteiger partial charge in [-0.3, -0.25) is 9.79 Å². The SMILES string of the molecule is CCNC(=NCCCc1nc2ccccc2s1)NC1CCN(C(=O)CC)C1. The number of hydrogen-bond donors (Lipinski definition) is 2. The van der Waals surface area contributed by atoms with E-state index in [9.17, 15) is 4.79 Å². The molecule has 2 N–H and O–H groups in total. The Morgan fingerprint density at radius 2 is 2.22 bits per heavy atom. The van der Waals surface area contributed by atoms with Gasteiger partial charge in [-0.1, -0.05) is 19.1 Å². The van der Waals surface area contributed by atoms with Crippen LogP contribution in [-0.4, -0.2) is 54.0 Å². The number of carbonyl (C=O) groups is 1. The maximum Gasteiger partial charge on any atom is 0.222 e. The number of nitrogens with one attached hydrogen (secondary N) is 2. The third-order valence-corrected chi connectivity index (χ3v) is 5.78. The molecule has 2 aromatic rings. The van der Waals surface area contributed by atoms with Crippen LogP contribution in [0, 0.1) is 0 Å². The minimum absolute atomic E-state index is 0.233. The predicted molar refractivity (Wildman–Crippen MR) is 112 cm³/mol. The van der Waals surface area contributed by atoms with Gasteiger partial charge < -0.3 is 15.5 Å². The molecular formula is C20H29N5OS. The van der Waals surface area contributed by atoms with Crippen LogP contribution in [0.25, 0.3) is 10.2 Å². The summed E-state index contributed by atoms with van der Waals surface area (Å²) >= 11 is 1.77. The second kappa shape index (κ2) is 9.69. The molecule has 1 unspecified atom stereocenters. The Hall–Kier alpha value is -2.15. The minimum atomic E-state index is 0.233. The summed E-state index contributed by atoms with van der Waals surface area (Å²) in [4.78, 5) is 23.2. The summed E-state index contributed by atoms with van der Waals surface area (Å²) in [6, 6.07) is 8.55. The number of aliphatic imine (C=N–C) groups is 1. The lowest BCUT2D eigenvalue weighted by Crippen LogP contribution is -2.45. The number of rotatable bonds is 7. The molecule has 6 nitrogen and oxygen atoms in total. The van der Waals surface area contributed by atoms with Gasteiger partial charge in [0.15, 0.2) is 5.96 Å². The molecule has 1 atom stereocenters. The van der Waals surface area contributed by atoms with E-state index in [2.05, 4.69) is 40.7 Å². The lowest BCUT2D eigenvalue weighted by molar-refractivity contribution is -0.129. The number of para-hydroxylation sites is 1. The normalized spacial score (nSPS) is 17.5. The fourth-order valence-corrected chi connectivity index (χ4v) is 4.30. The van der Waals surface area contributed by atoms with E-state index < -0.39 is 0 Å². The van der Waals surface area contributed by atoms with E-state index in [1.54, 1.807) is 11.3 Å². The monoisotopic (exact) mass is 387 g/mol. The quantitative estimate of drug-likeness (QED) is 0.435. The number of thiazole rings is 1. The number of benzene rings is 1. The zero-order valence-electron chi connectivity index (χ0n) is 16.2. The molecule has 1 aromatic heterocycles. The molecule has 0 saturated carbocycles. The first-order valence-electron chi connectivity index (χ1n) is 9.86. The van der Waals surface area contributed by atoms with Gasteiger partial charge in [0.2, 0.25) is 5.91 Å². The molecule has 1 aromatic carbocycles. The summed E-state index contributed by atoms with van der Waals surface area (Å²) in [6.45, 7) is 7.17. The van der Waals surface area contributed by atoms with Crippen molar-refractivity contribution in [1.29, 1.82) is 0 Å². The van der Waals surface area contributed by atoms with Crippen LogP contribution in [0.5, 0.6) is 0 Å². The van der Waals surface area contributed by atoms with Crippen molar-refractivity contribution in [1.82, 2.24) is 20.5 Å². The number of carbonyl (C=O) groups excluding carboxylic acids is 1. The fourth-order valence-electron chi connectivity index (χ4n) is 3.29. The summed E-state index contributed by atoms with van der Waals surface area (Å²) in [5.74, 6) is 1.08. The zero-order valence-corrected chi connectivity index (χ0v) is 17.0. The maximum absolute atomic E-state index is 11.8. The number of aryl methyl sites for hydroxylation is 1. The van der Waals surface area contributed by atoms with Crippen LogP contribution in [0.3, 0.4) is 0 Å². The number of guanidine groups is 1. The average molecular weight is 388 g/mol. The molecule has 1 aliphatic rings. The highest BCUT2D eigenvalue weighted by Crippen LogP contribution is 2.22. The lowest BCUT2D eigenvalue weighted by atomic mass is 10.3. The van der Waals surface area contributed by atoms with Crippen LogP contribution < -0.4 is 10.6 Å². The molecule has 1 fully saturated rings. The second-order valence-corrected chi connectivity index (χ2v) is 7.88. The van der Waals surface area contributed by atoms with Crippen molar-refractivity contribution in [3.05, 3.63) is 29.3 Å². The Labute approximate surface area is 165 Å². The van der Waals surface area contributed by atoms with Gasteiger partial charge in [0.05, 0.1) is 15.2 Å². The molecule has 0 aliphatic carbocycles. The van der Waals surface area contributed by atoms with E-state index >= 15 is 0 Å². The van der Waals surface area contributed by atoms with Crippen LogP contribution in [0.4, 0.5) is 0 Å². The second-order valence-electron chi connectivity index (χ2n) is 6.76. The predicted octanol–water partition coefficient (Wildman–Crippen LogP) is 2.79. The maximum atomic E-state index is 11.8. The van der Waals surface area contributed by atoms with Crippen molar-refractivity contribution in [3.63, 3.8) is 0 Å². The fraction of sp³-hybridized carbons (Fsp3) is 0.550. The van der Waals surface area contributed by atoms with Gasteiger partial charge in [-0.2, -0.15) is 0 Å². The van der Waals surface area contributed by atoms with Gasteiger partial charge in [0, 0.05) is 45.1 Å². The van der Waals surface area contributed by atoms with Crippen molar-refractivity contribution >= 4 is 33.4 Å². The summed E-state index contributed by atoms with van der Waals surface area (Å²) < 4.78 is 1.25. The minimum Gasteiger partial charge on any atom is -0.357 e. The third-order valence-electron chi connectivity index (χ3n) is 4.69. The van der Waals surface area contributed by atoms with Crippen molar-refractivity contribution in [3.8, 4) is 0 Å². The molecule has 1 saturated heterocycles. The molecule has 0 radical (unpaired) electrons. The number of aromatic nitrogens is 1. The third kappa shape index (κ3) is 5.42. The summed E-state index contributed by atoms with van der Waals surface area (Å²) in [7, 11) is 0. The number of amides is 1. The largest absolute Gasteiger partial charge is 0.357 e. The van der Waals surface area contributed by atoms with E-state index in [1.807, 2.05) is 17.9 Å². The van der Waals surface area contributed by atoms with E-state index in [1.165, 1.54) is 9.71 Å². The van der Waals surface area contributed by atoms with Gasteiger partial charge in [0.1, 0.15) is 0 Å². The molecule has 3 rings (SSSR count). The highest BCUT2D eigenvalue weighted by atomic mass is 32.1. The highest BCUT2D eigenvalue weighted by molar-refractivity contribution is 7.18. The number of fused-ring (bicyclic) bond motifs is 1.